The summed E-state index contributed by atoms with van der Waals surface area (Å²) in [7, 11) is 0. The van der Waals surface area contributed by atoms with Crippen LogP contribution in [-0.2, 0) is 9.47 Å². The van der Waals surface area contributed by atoms with Crippen LogP contribution in [0.4, 0.5) is 4.79 Å². The van der Waals surface area contributed by atoms with E-state index in [1.165, 1.54) is 11.3 Å². The minimum Gasteiger partial charge on any atom is -0.444 e. The third kappa shape index (κ3) is 5.81. The second-order valence-corrected chi connectivity index (χ2v) is 8.12. The van der Waals surface area contributed by atoms with Gasteiger partial charge in [-0.15, -0.1) is 11.3 Å². The molecule has 1 aliphatic rings. The van der Waals surface area contributed by atoms with E-state index in [4.69, 9.17) is 9.47 Å². The normalized spacial score (nSPS) is 20.3. The number of rotatable bonds is 5. The number of amides is 1. The third-order valence-electron chi connectivity index (χ3n) is 4.02. The van der Waals surface area contributed by atoms with Gasteiger partial charge < -0.3 is 14.4 Å². The van der Waals surface area contributed by atoms with Gasteiger partial charge in [0.15, 0.2) is 0 Å². The van der Waals surface area contributed by atoms with Gasteiger partial charge >= 0.3 is 6.09 Å². The van der Waals surface area contributed by atoms with E-state index in [1.807, 2.05) is 31.7 Å². The SMILES string of the molecule is CC(OCCC1CCCCN1C(=O)OC(C)(C)C)c1cccs1. The molecule has 1 fully saturated rings. The Balaban J connectivity index is 1.82. The van der Waals surface area contributed by atoms with Crippen LogP contribution in [0.25, 0.3) is 0 Å². The average molecular weight is 340 g/mol. The molecule has 0 radical (unpaired) electrons. The summed E-state index contributed by atoms with van der Waals surface area (Å²) in [4.78, 5) is 15.5. The molecule has 5 heteroatoms. The van der Waals surface area contributed by atoms with Crippen molar-refractivity contribution < 1.29 is 14.3 Å². The summed E-state index contributed by atoms with van der Waals surface area (Å²) in [6, 6.07) is 4.38. The molecule has 1 aromatic rings. The van der Waals surface area contributed by atoms with E-state index in [9.17, 15) is 4.79 Å². The van der Waals surface area contributed by atoms with Crippen molar-refractivity contribution in [2.45, 2.75) is 71.1 Å². The lowest BCUT2D eigenvalue weighted by Gasteiger charge is -2.37. The topological polar surface area (TPSA) is 38.8 Å². The summed E-state index contributed by atoms with van der Waals surface area (Å²) in [6.45, 7) is 9.28. The Morgan fingerprint density at radius 3 is 2.87 bits per heavy atom. The van der Waals surface area contributed by atoms with Crippen LogP contribution >= 0.6 is 11.3 Å². The first-order chi connectivity index (χ1) is 10.9. The van der Waals surface area contributed by atoms with Gasteiger partial charge in [-0.1, -0.05) is 6.07 Å². The summed E-state index contributed by atoms with van der Waals surface area (Å²) in [5, 5.41) is 2.07. The molecular formula is C18H29NO3S. The van der Waals surface area contributed by atoms with Crippen molar-refractivity contribution in [3.8, 4) is 0 Å². The first-order valence-corrected chi connectivity index (χ1v) is 9.39. The number of hydrogen-bond acceptors (Lipinski definition) is 4. The van der Waals surface area contributed by atoms with Gasteiger partial charge in [-0.2, -0.15) is 0 Å². The molecule has 130 valence electrons. The Labute approximate surface area is 143 Å². The summed E-state index contributed by atoms with van der Waals surface area (Å²) in [5.41, 5.74) is -0.441. The van der Waals surface area contributed by atoms with Crippen LogP contribution in [0.3, 0.4) is 0 Å². The Morgan fingerprint density at radius 1 is 1.43 bits per heavy atom. The highest BCUT2D eigenvalue weighted by atomic mass is 32.1. The molecular weight excluding hydrogens is 310 g/mol. The van der Waals surface area contributed by atoms with E-state index >= 15 is 0 Å². The maximum Gasteiger partial charge on any atom is 0.410 e. The second kappa shape index (κ2) is 8.15. The van der Waals surface area contributed by atoms with Crippen molar-refractivity contribution in [3.63, 3.8) is 0 Å². The van der Waals surface area contributed by atoms with Gasteiger partial charge in [0.2, 0.25) is 0 Å². The Kier molecular flexibility index (Phi) is 6.48. The molecule has 2 heterocycles. The highest BCUT2D eigenvalue weighted by Gasteiger charge is 2.30. The molecule has 0 aromatic carbocycles. The van der Waals surface area contributed by atoms with Crippen molar-refractivity contribution in [3.05, 3.63) is 22.4 Å². The number of carbonyl (C=O) groups is 1. The first kappa shape index (κ1) is 18.3. The molecule has 2 atom stereocenters. The number of hydrogen-bond donors (Lipinski definition) is 0. The van der Waals surface area contributed by atoms with Gasteiger partial charge in [0.25, 0.3) is 0 Å². The first-order valence-electron chi connectivity index (χ1n) is 8.51. The standard InChI is InChI=1S/C18H29NO3S/c1-14(16-9-7-13-23-16)21-12-10-15-8-5-6-11-19(15)17(20)22-18(2,3)4/h7,9,13-15H,5-6,8,10-12H2,1-4H3. The molecule has 2 unspecified atom stereocenters. The van der Waals surface area contributed by atoms with Gasteiger partial charge in [0, 0.05) is 24.1 Å². The third-order valence-corrected chi connectivity index (χ3v) is 5.05. The smallest absolute Gasteiger partial charge is 0.410 e. The second-order valence-electron chi connectivity index (χ2n) is 7.14. The van der Waals surface area contributed by atoms with E-state index < -0.39 is 5.60 Å². The number of nitrogens with zero attached hydrogens (tertiary/aromatic N) is 1. The molecule has 1 saturated heterocycles. The van der Waals surface area contributed by atoms with Crippen molar-refractivity contribution in [1.82, 2.24) is 4.90 Å². The predicted octanol–water partition coefficient (Wildman–Crippen LogP) is 5.01. The molecule has 23 heavy (non-hydrogen) atoms. The number of ether oxygens (including phenoxy) is 2. The van der Waals surface area contributed by atoms with Crippen LogP contribution in [0.15, 0.2) is 17.5 Å². The van der Waals surface area contributed by atoms with Gasteiger partial charge in [-0.25, -0.2) is 4.79 Å². The number of carbonyl (C=O) groups excluding carboxylic acids is 1. The molecule has 0 aliphatic carbocycles. The molecule has 1 aromatic heterocycles. The van der Waals surface area contributed by atoms with Crippen LogP contribution in [0, 0.1) is 0 Å². The molecule has 4 nitrogen and oxygen atoms in total. The zero-order chi connectivity index (χ0) is 16.9. The molecule has 1 aliphatic heterocycles. The predicted molar refractivity (Wildman–Crippen MR) is 93.9 cm³/mol. The van der Waals surface area contributed by atoms with E-state index in [0.29, 0.717) is 6.61 Å². The highest BCUT2D eigenvalue weighted by Crippen LogP contribution is 2.25. The summed E-state index contributed by atoms with van der Waals surface area (Å²) >= 11 is 1.72. The van der Waals surface area contributed by atoms with E-state index in [2.05, 4.69) is 18.4 Å². The van der Waals surface area contributed by atoms with Crippen molar-refractivity contribution in [1.29, 1.82) is 0 Å². The zero-order valence-corrected chi connectivity index (χ0v) is 15.5. The van der Waals surface area contributed by atoms with Gasteiger partial charge in [-0.3, -0.25) is 0 Å². The van der Waals surface area contributed by atoms with Crippen LogP contribution in [0.1, 0.15) is 64.4 Å². The summed E-state index contributed by atoms with van der Waals surface area (Å²) in [5.74, 6) is 0. The van der Waals surface area contributed by atoms with E-state index in [-0.39, 0.29) is 18.2 Å². The maximum atomic E-state index is 12.4. The Hall–Kier alpha value is -1.07. The molecule has 1 amide bonds. The fraction of sp³-hybridized carbons (Fsp3) is 0.722. The zero-order valence-electron chi connectivity index (χ0n) is 14.7. The number of piperidine rings is 1. The van der Waals surface area contributed by atoms with Gasteiger partial charge in [-0.05, 0) is 64.8 Å². The molecule has 0 spiro atoms. The maximum absolute atomic E-state index is 12.4. The quantitative estimate of drug-likeness (QED) is 0.757. The van der Waals surface area contributed by atoms with Crippen molar-refractivity contribution in [2.24, 2.45) is 0 Å². The number of likely N-dealkylation sites (tertiary alicyclic amines) is 1. The van der Waals surface area contributed by atoms with Crippen LogP contribution in [0.2, 0.25) is 0 Å². The molecule has 2 rings (SSSR count). The van der Waals surface area contributed by atoms with Crippen LogP contribution in [-0.4, -0.2) is 35.8 Å². The highest BCUT2D eigenvalue weighted by molar-refractivity contribution is 7.10. The summed E-state index contributed by atoms with van der Waals surface area (Å²) in [6.07, 6.45) is 4.07. The lowest BCUT2D eigenvalue weighted by molar-refractivity contribution is 0.0000427. The van der Waals surface area contributed by atoms with E-state index in [0.717, 1.165) is 25.8 Å². The monoisotopic (exact) mass is 339 g/mol. The minimum atomic E-state index is -0.441. The Bertz CT molecular complexity index is 481. The van der Waals surface area contributed by atoms with Gasteiger partial charge in [0.1, 0.15) is 5.60 Å². The average Bonchev–Trinajstić information content (AvgIpc) is 3.00. The number of thiophene rings is 1. The van der Waals surface area contributed by atoms with Crippen molar-refractivity contribution in [2.75, 3.05) is 13.2 Å². The van der Waals surface area contributed by atoms with Gasteiger partial charge in [0.05, 0.1) is 6.10 Å². The fourth-order valence-corrected chi connectivity index (χ4v) is 3.58. The lowest BCUT2D eigenvalue weighted by Crippen LogP contribution is -2.46. The van der Waals surface area contributed by atoms with Crippen LogP contribution < -0.4 is 0 Å². The summed E-state index contributed by atoms with van der Waals surface area (Å²) < 4.78 is 11.5. The van der Waals surface area contributed by atoms with Crippen molar-refractivity contribution >= 4 is 17.4 Å². The fourth-order valence-electron chi connectivity index (χ4n) is 2.85. The Morgan fingerprint density at radius 2 is 2.22 bits per heavy atom. The minimum absolute atomic E-state index is 0.119. The molecule has 0 saturated carbocycles. The largest absolute Gasteiger partial charge is 0.444 e. The van der Waals surface area contributed by atoms with E-state index in [1.54, 1.807) is 11.3 Å². The lowest BCUT2D eigenvalue weighted by atomic mass is 10.0. The molecule has 0 bridgehead atoms. The molecule has 0 N–H and O–H groups in total. The van der Waals surface area contributed by atoms with Crippen LogP contribution in [0.5, 0.6) is 0 Å².